The summed E-state index contributed by atoms with van der Waals surface area (Å²) in [5, 5.41) is 15.4. The summed E-state index contributed by atoms with van der Waals surface area (Å²) in [5.41, 5.74) is 1.04. The lowest BCUT2D eigenvalue weighted by Gasteiger charge is -2.32. The molecule has 2 N–H and O–H groups in total. The molecule has 2 aromatic rings. The Bertz CT molecular complexity index is 953. The molecule has 1 aromatic heterocycles. The average Bonchev–Trinajstić information content (AvgIpc) is 3.25. The van der Waals surface area contributed by atoms with E-state index in [4.69, 9.17) is 14.0 Å². The van der Waals surface area contributed by atoms with Gasteiger partial charge in [0, 0.05) is 11.9 Å². The van der Waals surface area contributed by atoms with Gasteiger partial charge in [-0.1, -0.05) is 36.4 Å². The van der Waals surface area contributed by atoms with Gasteiger partial charge < -0.3 is 24.5 Å². The zero-order valence-electron chi connectivity index (χ0n) is 18.0. The van der Waals surface area contributed by atoms with Gasteiger partial charge in [-0.3, -0.25) is 0 Å². The summed E-state index contributed by atoms with van der Waals surface area (Å²) >= 11 is 1.29. The van der Waals surface area contributed by atoms with Gasteiger partial charge in [-0.15, -0.1) is 0 Å². The molecular weight excluding hydrogens is 417 g/mol. The quantitative estimate of drug-likeness (QED) is 0.617. The molecular formula is C22H26BNO6S. The highest BCUT2D eigenvalue weighted by atomic mass is 32.1. The van der Waals surface area contributed by atoms with Crippen LogP contribution in [0.1, 0.15) is 49.2 Å². The van der Waals surface area contributed by atoms with Gasteiger partial charge in [0.05, 0.1) is 16.8 Å². The number of hydrogen-bond acceptors (Lipinski definition) is 6. The average molecular weight is 443 g/mol. The van der Waals surface area contributed by atoms with Gasteiger partial charge in [-0.25, -0.2) is 9.59 Å². The third-order valence-electron chi connectivity index (χ3n) is 5.47. The van der Waals surface area contributed by atoms with Gasteiger partial charge in [0.2, 0.25) is 0 Å². The Morgan fingerprint density at radius 2 is 1.77 bits per heavy atom. The first kappa shape index (κ1) is 23.1. The number of rotatable bonds is 7. The Hall–Kier alpha value is -2.62. The number of thiophene rings is 1. The van der Waals surface area contributed by atoms with Crippen LogP contribution in [0.4, 0.5) is 4.79 Å². The van der Waals surface area contributed by atoms with Gasteiger partial charge >= 0.3 is 19.2 Å². The number of nitrogens with one attached hydrogen (secondary N) is 1. The normalized spacial score (nSPS) is 17.4. The molecule has 2 heterocycles. The van der Waals surface area contributed by atoms with E-state index in [9.17, 15) is 14.7 Å². The van der Waals surface area contributed by atoms with Crippen LogP contribution in [-0.4, -0.2) is 42.0 Å². The van der Waals surface area contributed by atoms with E-state index >= 15 is 0 Å². The van der Waals surface area contributed by atoms with Crippen molar-refractivity contribution < 1.29 is 28.7 Å². The van der Waals surface area contributed by atoms with Crippen LogP contribution < -0.4 is 5.32 Å². The number of amides is 1. The van der Waals surface area contributed by atoms with Crippen LogP contribution in [-0.2, 0) is 20.7 Å². The number of alkyl carbamates (subject to hydrolysis) is 1. The molecule has 1 aromatic carbocycles. The number of carboxylic acids is 1. The van der Waals surface area contributed by atoms with Crippen LogP contribution >= 0.6 is 11.3 Å². The summed E-state index contributed by atoms with van der Waals surface area (Å²) in [7, 11) is -0.735. The topological polar surface area (TPSA) is 94.1 Å². The Kier molecular flexibility index (Phi) is 6.88. The van der Waals surface area contributed by atoms with Crippen molar-refractivity contribution in [3.05, 3.63) is 63.3 Å². The summed E-state index contributed by atoms with van der Waals surface area (Å²) in [6, 6.07) is 9.37. The highest BCUT2D eigenvalue weighted by Crippen LogP contribution is 2.39. The zero-order valence-corrected chi connectivity index (χ0v) is 18.8. The van der Waals surface area contributed by atoms with E-state index in [1.165, 1.54) is 11.3 Å². The number of benzene rings is 1. The number of aromatic carboxylic acids is 1. The Labute approximate surface area is 186 Å². The maximum atomic E-state index is 12.2. The van der Waals surface area contributed by atoms with Crippen molar-refractivity contribution >= 4 is 36.6 Å². The van der Waals surface area contributed by atoms with E-state index in [0.29, 0.717) is 11.0 Å². The van der Waals surface area contributed by atoms with E-state index in [-0.39, 0.29) is 18.7 Å². The monoisotopic (exact) mass is 443 g/mol. The highest BCUT2D eigenvalue weighted by molar-refractivity contribution is 7.08. The van der Waals surface area contributed by atoms with Crippen LogP contribution in [0.3, 0.4) is 0 Å². The molecule has 0 saturated carbocycles. The number of carbonyl (C=O) groups excluding carboxylic acids is 1. The third kappa shape index (κ3) is 5.55. The summed E-state index contributed by atoms with van der Waals surface area (Å²) in [4.78, 5) is 23.7. The van der Waals surface area contributed by atoms with Gasteiger partial charge in [0.15, 0.2) is 0 Å². The second kappa shape index (κ2) is 9.26. The molecule has 1 fully saturated rings. The Morgan fingerprint density at radius 3 is 2.39 bits per heavy atom. The van der Waals surface area contributed by atoms with E-state index in [1.54, 1.807) is 16.8 Å². The minimum atomic E-state index is -1.02. The van der Waals surface area contributed by atoms with Crippen molar-refractivity contribution in [1.82, 2.24) is 5.32 Å². The van der Waals surface area contributed by atoms with E-state index < -0.39 is 30.4 Å². The van der Waals surface area contributed by atoms with Crippen LogP contribution in [0.2, 0.25) is 0 Å². The molecule has 0 atom stereocenters. The number of hydrogen-bond donors (Lipinski definition) is 2. The van der Waals surface area contributed by atoms with Crippen LogP contribution in [0.25, 0.3) is 6.08 Å². The lowest BCUT2D eigenvalue weighted by Crippen LogP contribution is -2.41. The number of carbonyl (C=O) groups is 2. The fourth-order valence-corrected chi connectivity index (χ4v) is 3.72. The van der Waals surface area contributed by atoms with Gasteiger partial charge in [-0.05, 0) is 49.7 Å². The molecule has 0 bridgehead atoms. The maximum absolute atomic E-state index is 12.2. The molecule has 164 valence electrons. The molecule has 0 aliphatic carbocycles. The molecule has 7 nitrogen and oxygen atoms in total. The van der Waals surface area contributed by atoms with Crippen molar-refractivity contribution in [3.8, 4) is 0 Å². The summed E-state index contributed by atoms with van der Waals surface area (Å²) in [5.74, 6) is -1.02. The third-order valence-corrected chi connectivity index (χ3v) is 6.23. The molecule has 1 amide bonds. The first-order chi connectivity index (χ1) is 14.6. The molecule has 31 heavy (non-hydrogen) atoms. The van der Waals surface area contributed by atoms with Crippen molar-refractivity contribution in [2.45, 2.75) is 45.5 Å². The molecule has 3 rings (SSSR count). The maximum Gasteiger partial charge on any atom is 0.492 e. The van der Waals surface area contributed by atoms with E-state index in [1.807, 2.05) is 58.0 Å². The number of ether oxygens (including phenoxy) is 1. The lowest BCUT2D eigenvalue weighted by atomic mass is 9.77. The van der Waals surface area contributed by atoms with Crippen LogP contribution in [0, 0.1) is 0 Å². The molecule has 0 radical (unpaired) electrons. The van der Waals surface area contributed by atoms with E-state index in [0.717, 1.165) is 5.56 Å². The summed E-state index contributed by atoms with van der Waals surface area (Å²) < 4.78 is 17.5. The zero-order chi connectivity index (χ0) is 22.6. The summed E-state index contributed by atoms with van der Waals surface area (Å²) in [6.45, 7) is 7.95. The first-order valence-electron chi connectivity index (χ1n) is 9.89. The Morgan fingerprint density at radius 1 is 1.13 bits per heavy atom. The van der Waals surface area contributed by atoms with Crippen molar-refractivity contribution in [1.29, 1.82) is 0 Å². The standard InChI is InChI=1S/C22H26BNO6S/c1-21(2)22(3,4)30-23(29-21)17(10-16-13-31-14-18(16)19(25)26)11-24-20(27)28-12-15-8-6-5-7-9-15/h5-10,13-14H,11-12H2,1-4H3,(H,24,27)(H,25,26). The first-order valence-corrected chi connectivity index (χ1v) is 10.8. The largest absolute Gasteiger partial charge is 0.492 e. The molecule has 9 heteroatoms. The number of carboxylic acid groups (broad SMARTS) is 1. The van der Waals surface area contributed by atoms with Gasteiger partial charge in [0.1, 0.15) is 6.61 Å². The van der Waals surface area contributed by atoms with Gasteiger partial charge in [0.25, 0.3) is 0 Å². The van der Waals surface area contributed by atoms with Crippen molar-refractivity contribution in [2.24, 2.45) is 0 Å². The van der Waals surface area contributed by atoms with Crippen molar-refractivity contribution in [2.75, 3.05) is 6.54 Å². The van der Waals surface area contributed by atoms with Crippen LogP contribution in [0.5, 0.6) is 0 Å². The minimum absolute atomic E-state index is 0.0827. The SMILES string of the molecule is CC1(C)OB(C(=Cc2cscc2C(=O)O)CNC(=O)OCc2ccccc2)OC1(C)C. The van der Waals surface area contributed by atoms with Crippen LogP contribution in [0.15, 0.2) is 46.6 Å². The predicted molar refractivity (Wildman–Crippen MR) is 120 cm³/mol. The predicted octanol–water partition coefficient (Wildman–Crippen LogP) is 4.39. The molecule has 0 unspecified atom stereocenters. The second-order valence-electron chi connectivity index (χ2n) is 8.27. The van der Waals surface area contributed by atoms with E-state index in [2.05, 4.69) is 5.32 Å². The fraction of sp³-hybridized carbons (Fsp3) is 0.364. The highest BCUT2D eigenvalue weighted by Gasteiger charge is 2.52. The second-order valence-corrected chi connectivity index (χ2v) is 9.01. The minimum Gasteiger partial charge on any atom is -0.478 e. The van der Waals surface area contributed by atoms with Crippen molar-refractivity contribution in [3.63, 3.8) is 0 Å². The smallest absolute Gasteiger partial charge is 0.478 e. The lowest BCUT2D eigenvalue weighted by molar-refractivity contribution is 0.00578. The van der Waals surface area contributed by atoms with Gasteiger partial charge in [-0.2, -0.15) is 11.3 Å². The molecule has 0 spiro atoms. The fourth-order valence-electron chi connectivity index (χ4n) is 2.94. The molecule has 1 saturated heterocycles. The molecule has 1 aliphatic rings. The summed E-state index contributed by atoms with van der Waals surface area (Å²) in [6.07, 6.45) is 1.11. The Balaban J connectivity index is 1.75. The molecule has 1 aliphatic heterocycles.